The van der Waals surface area contributed by atoms with E-state index in [-0.39, 0.29) is 6.04 Å². The monoisotopic (exact) mass is 282 g/mol. The number of nitrogens with two attached hydrogens (primary N) is 1. The van der Waals surface area contributed by atoms with Crippen LogP contribution >= 0.6 is 0 Å². The quantitative estimate of drug-likeness (QED) is 0.558. The van der Waals surface area contributed by atoms with E-state index >= 15 is 0 Å². The SMILES string of the molecule is Cc1cnc(C(Cc2nn(C)c3ccccc23)NN)cn1. The van der Waals surface area contributed by atoms with Crippen LogP contribution in [0.5, 0.6) is 0 Å². The zero-order valence-electron chi connectivity index (χ0n) is 12.1. The number of para-hydroxylation sites is 1. The lowest BCUT2D eigenvalue weighted by atomic mass is 10.1. The number of hydrazine groups is 1. The van der Waals surface area contributed by atoms with Gasteiger partial charge in [-0.05, 0) is 13.0 Å². The highest BCUT2D eigenvalue weighted by Crippen LogP contribution is 2.22. The first-order valence-corrected chi connectivity index (χ1v) is 6.84. The Morgan fingerprint density at radius 1 is 1.24 bits per heavy atom. The first-order chi connectivity index (χ1) is 10.2. The fraction of sp³-hybridized carbons (Fsp3) is 0.267. The zero-order valence-corrected chi connectivity index (χ0v) is 12.1. The molecule has 0 aliphatic heterocycles. The summed E-state index contributed by atoms with van der Waals surface area (Å²) in [6.07, 6.45) is 4.16. The second kappa shape index (κ2) is 5.59. The number of hydrogen-bond acceptors (Lipinski definition) is 5. The maximum absolute atomic E-state index is 5.69. The number of aryl methyl sites for hydroxylation is 2. The van der Waals surface area contributed by atoms with Crippen LogP contribution in [0, 0.1) is 6.92 Å². The van der Waals surface area contributed by atoms with Gasteiger partial charge in [-0.15, -0.1) is 0 Å². The van der Waals surface area contributed by atoms with Crippen LogP contribution < -0.4 is 11.3 Å². The van der Waals surface area contributed by atoms with Crippen molar-refractivity contribution in [3.8, 4) is 0 Å². The number of benzene rings is 1. The first-order valence-electron chi connectivity index (χ1n) is 6.84. The molecule has 3 N–H and O–H groups in total. The Labute approximate surface area is 123 Å². The van der Waals surface area contributed by atoms with Gasteiger partial charge < -0.3 is 0 Å². The minimum absolute atomic E-state index is 0.114. The van der Waals surface area contributed by atoms with E-state index in [1.54, 1.807) is 12.4 Å². The van der Waals surface area contributed by atoms with Crippen LogP contribution in [0.15, 0.2) is 36.7 Å². The van der Waals surface area contributed by atoms with Gasteiger partial charge in [0.25, 0.3) is 0 Å². The molecule has 0 saturated carbocycles. The van der Waals surface area contributed by atoms with Gasteiger partial charge in [-0.3, -0.25) is 25.9 Å². The lowest BCUT2D eigenvalue weighted by molar-refractivity contribution is 0.528. The summed E-state index contributed by atoms with van der Waals surface area (Å²) in [4.78, 5) is 8.67. The van der Waals surface area contributed by atoms with Crippen molar-refractivity contribution in [1.29, 1.82) is 0 Å². The van der Waals surface area contributed by atoms with Crippen LogP contribution in [0.25, 0.3) is 10.9 Å². The summed E-state index contributed by atoms with van der Waals surface area (Å²) < 4.78 is 1.89. The summed E-state index contributed by atoms with van der Waals surface area (Å²) in [5, 5.41) is 5.73. The minimum atomic E-state index is -0.114. The molecular weight excluding hydrogens is 264 g/mol. The molecule has 6 nitrogen and oxygen atoms in total. The Hall–Kier alpha value is -2.31. The van der Waals surface area contributed by atoms with E-state index in [9.17, 15) is 0 Å². The molecule has 0 saturated heterocycles. The normalized spacial score (nSPS) is 12.7. The van der Waals surface area contributed by atoms with Gasteiger partial charge in [-0.2, -0.15) is 5.10 Å². The lowest BCUT2D eigenvalue weighted by Crippen LogP contribution is -2.30. The van der Waals surface area contributed by atoms with E-state index in [0.717, 1.165) is 28.0 Å². The maximum Gasteiger partial charge on any atom is 0.0773 e. The van der Waals surface area contributed by atoms with Crippen molar-refractivity contribution in [1.82, 2.24) is 25.2 Å². The van der Waals surface area contributed by atoms with Gasteiger partial charge in [0, 0.05) is 25.1 Å². The van der Waals surface area contributed by atoms with Crippen molar-refractivity contribution < 1.29 is 0 Å². The smallest absolute Gasteiger partial charge is 0.0773 e. The summed E-state index contributed by atoms with van der Waals surface area (Å²) in [5.41, 5.74) is 6.62. The minimum Gasteiger partial charge on any atom is -0.271 e. The van der Waals surface area contributed by atoms with Crippen molar-refractivity contribution in [3.63, 3.8) is 0 Å². The maximum atomic E-state index is 5.69. The molecule has 0 spiro atoms. The summed E-state index contributed by atoms with van der Waals surface area (Å²) in [6, 6.07) is 8.05. The van der Waals surface area contributed by atoms with Crippen molar-refractivity contribution >= 4 is 10.9 Å². The van der Waals surface area contributed by atoms with Crippen LogP contribution in [0.4, 0.5) is 0 Å². The third-order valence-electron chi connectivity index (χ3n) is 3.59. The third-order valence-corrected chi connectivity index (χ3v) is 3.59. The molecule has 1 unspecified atom stereocenters. The van der Waals surface area contributed by atoms with E-state index in [2.05, 4.69) is 32.6 Å². The molecule has 6 heteroatoms. The van der Waals surface area contributed by atoms with E-state index in [4.69, 9.17) is 5.84 Å². The molecule has 3 rings (SSSR count). The summed E-state index contributed by atoms with van der Waals surface area (Å²) in [6.45, 7) is 1.91. The second-order valence-electron chi connectivity index (χ2n) is 5.09. The van der Waals surface area contributed by atoms with Gasteiger partial charge >= 0.3 is 0 Å². The molecule has 0 aliphatic rings. The fourth-order valence-electron chi connectivity index (χ4n) is 2.46. The predicted molar refractivity (Wildman–Crippen MR) is 81.3 cm³/mol. The van der Waals surface area contributed by atoms with Crippen molar-refractivity contribution in [2.75, 3.05) is 0 Å². The summed E-state index contributed by atoms with van der Waals surface area (Å²) in [7, 11) is 1.95. The van der Waals surface area contributed by atoms with E-state index in [0.29, 0.717) is 6.42 Å². The number of hydrogen-bond donors (Lipinski definition) is 2. The Morgan fingerprint density at radius 2 is 2.05 bits per heavy atom. The van der Waals surface area contributed by atoms with Crippen LogP contribution in [0.1, 0.15) is 23.1 Å². The third kappa shape index (κ3) is 2.63. The van der Waals surface area contributed by atoms with Crippen LogP contribution in [0.2, 0.25) is 0 Å². The molecule has 0 fully saturated rings. The zero-order chi connectivity index (χ0) is 14.8. The highest BCUT2D eigenvalue weighted by Gasteiger charge is 2.17. The molecule has 0 aliphatic carbocycles. The Balaban J connectivity index is 1.94. The van der Waals surface area contributed by atoms with Crippen LogP contribution in [-0.2, 0) is 13.5 Å². The van der Waals surface area contributed by atoms with Gasteiger partial charge in [0.1, 0.15) is 0 Å². The van der Waals surface area contributed by atoms with Crippen molar-refractivity contribution in [3.05, 3.63) is 53.7 Å². The summed E-state index contributed by atoms with van der Waals surface area (Å²) >= 11 is 0. The van der Waals surface area contributed by atoms with Gasteiger partial charge in [0.05, 0.1) is 34.8 Å². The number of nitrogens with one attached hydrogen (secondary N) is 1. The number of nitrogens with zero attached hydrogens (tertiary/aromatic N) is 4. The highest BCUT2D eigenvalue weighted by molar-refractivity contribution is 5.81. The van der Waals surface area contributed by atoms with E-state index < -0.39 is 0 Å². The molecule has 108 valence electrons. The second-order valence-corrected chi connectivity index (χ2v) is 5.09. The van der Waals surface area contributed by atoms with E-state index in [1.165, 1.54) is 0 Å². The molecule has 0 radical (unpaired) electrons. The van der Waals surface area contributed by atoms with Crippen LogP contribution in [0.3, 0.4) is 0 Å². The molecule has 0 amide bonds. The molecule has 2 heterocycles. The predicted octanol–water partition coefficient (Wildman–Crippen LogP) is 1.42. The van der Waals surface area contributed by atoms with Gasteiger partial charge in [-0.1, -0.05) is 18.2 Å². The first kappa shape index (κ1) is 13.7. The fourth-order valence-corrected chi connectivity index (χ4v) is 2.46. The molecule has 21 heavy (non-hydrogen) atoms. The van der Waals surface area contributed by atoms with Crippen LogP contribution in [-0.4, -0.2) is 19.7 Å². The number of fused-ring (bicyclic) bond motifs is 1. The van der Waals surface area contributed by atoms with Crippen molar-refractivity contribution in [2.24, 2.45) is 12.9 Å². The van der Waals surface area contributed by atoms with E-state index in [1.807, 2.05) is 30.8 Å². The molecule has 3 aromatic rings. The average Bonchev–Trinajstić information content (AvgIpc) is 2.83. The number of rotatable bonds is 4. The molecule has 2 aromatic heterocycles. The highest BCUT2D eigenvalue weighted by atomic mass is 15.3. The summed E-state index contributed by atoms with van der Waals surface area (Å²) in [5.74, 6) is 5.69. The average molecular weight is 282 g/mol. The van der Waals surface area contributed by atoms with Crippen molar-refractivity contribution in [2.45, 2.75) is 19.4 Å². The molecule has 0 bridgehead atoms. The molecule has 1 aromatic carbocycles. The standard InChI is InChI=1S/C15H18N6/c1-10-8-18-14(9-17-10)13(19-16)7-12-11-5-3-4-6-15(11)21(2)20-12/h3-6,8-9,13,19H,7,16H2,1-2H3. The molecule has 1 atom stereocenters. The van der Waals surface area contributed by atoms with Gasteiger partial charge in [0.2, 0.25) is 0 Å². The number of aromatic nitrogens is 4. The van der Waals surface area contributed by atoms with Gasteiger partial charge in [-0.25, -0.2) is 0 Å². The largest absolute Gasteiger partial charge is 0.271 e. The molecular formula is C15H18N6. The Bertz CT molecular complexity index is 746. The lowest BCUT2D eigenvalue weighted by Gasteiger charge is -2.13. The Kier molecular flexibility index (Phi) is 3.64. The Morgan fingerprint density at radius 3 is 2.76 bits per heavy atom. The van der Waals surface area contributed by atoms with Gasteiger partial charge in [0.15, 0.2) is 0 Å². The topological polar surface area (TPSA) is 81.7 Å².